The van der Waals surface area contributed by atoms with E-state index < -0.39 is 10.0 Å². The van der Waals surface area contributed by atoms with Gasteiger partial charge in [-0.15, -0.1) is 0 Å². The molecule has 1 heterocycles. The average Bonchev–Trinajstić information content (AvgIpc) is 2.80. The molecule has 2 aromatic rings. The van der Waals surface area contributed by atoms with Crippen LogP contribution in [0.25, 0.3) is 0 Å². The molecule has 1 saturated heterocycles. The fourth-order valence-electron chi connectivity index (χ4n) is 3.69. The van der Waals surface area contributed by atoms with Gasteiger partial charge in [0, 0.05) is 30.4 Å². The van der Waals surface area contributed by atoms with E-state index >= 15 is 0 Å². The number of amides is 1. The monoisotopic (exact) mass is 461 g/mol. The second-order valence-corrected chi connectivity index (χ2v) is 9.78. The van der Waals surface area contributed by atoms with Gasteiger partial charge in [0.1, 0.15) is 5.75 Å². The molecule has 1 fully saturated rings. The summed E-state index contributed by atoms with van der Waals surface area (Å²) in [6.07, 6.45) is 0. The van der Waals surface area contributed by atoms with Gasteiger partial charge in [-0.1, -0.05) is 24.3 Å². The van der Waals surface area contributed by atoms with Crippen molar-refractivity contribution < 1.29 is 22.7 Å². The Balaban J connectivity index is 1.70. The van der Waals surface area contributed by atoms with Gasteiger partial charge in [0.05, 0.1) is 31.8 Å². The normalized spacial score (nSPS) is 16.0. The van der Waals surface area contributed by atoms with Crippen molar-refractivity contribution >= 4 is 21.6 Å². The average molecular weight is 462 g/mol. The van der Waals surface area contributed by atoms with Crippen LogP contribution in [0.5, 0.6) is 5.75 Å². The number of anilines is 1. The number of para-hydroxylation sites is 1. The molecular weight excluding hydrogens is 430 g/mol. The van der Waals surface area contributed by atoms with Crippen LogP contribution < -0.4 is 10.1 Å². The van der Waals surface area contributed by atoms with Gasteiger partial charge in [-0.25, -0.2) is 8.42 Å². The van der Waals surface area contributed by atoms with Crippen LogP contribution in [0.15, 0.2) is 47.4 Å². The number of aryl methyl sites for hydroxylation is 1. The van der Waals surface area contributed by atoms with Gasteiger partial charge < -0.3 is 14.8 Å². The van der Waals surface area contributed by atoms with Gasteiger partial charge in [-0.3, -0.25) is 9.69 Å². The summed E-state index contributed by atoms with van der Waals surface area (Å²) < 4.78 is 38.3. The molecule has 1 N–H and O–H groups in total. The van der Waals surface area contributed by atoms with Gasteiger partial charge in [0.15, 0.2) is 0 Å². The molecule has 1 amide bonds. The number of nitrogens with one attached hydrogen (secondary N) is 1. The molecule has 9 heteroatoms. The van der Waals surface area contributed by atoms with E-state index in [1.807, 2.05) is 43.1 Å². The van der Waals surface area contributed by atoms with Crippen molar-refractivity contribution in [1.29, 1.82) is 0 Å². The molecule has 0 radical (unpaired) electrons. The van der Waals surface area contributed by atoms with Crippen LogP contribution in [0, 0.1) is 6.92 Å². The zero-order chi connectivity index (χ0) is 23.3. The smallest absolute Gasteiger partial charge is 0.243 e. The number of sulfonamides is 1. The number of benzene rings is 2. The fraction of sp³-hybridized carbons (Fsp3) is 0.435. The number of morpholine rings is 1. The van der Waals surface area contributed by atoms with Gasteiger partial charge in [-0.05, 0) is 44.7 Å². The van der Waals surface area contributed by atoms with E-state index in [4.69, 9.17) is 9.47 Å². The summed E-state index contributed by atoms with van der Waals surface area (Å²) in [7, 11) is -0.169. The summed E-state index contributed by atoms with van der Waals surface area (Å²) in [4.78, 5) is 14.8. The quantitative estimate of drug-likeness (QED) is 0.650. The number of ether oxygens (including phenoxy) is 2. The topological polar surface area (TPSA) is 88.2 Å². The van der Waals surface area contributed by atoms with Crippen LogP contribution in [0.4, 0.5) is 5.69 Å². The zero-order valence-corrected chi connectivity index (χ0v) is 19.8. The first-order valence-electron chi connectivity index (χ1n) is 10.6. The molecule has 32 heavy (non-hydrogen) atoms. The van der Waals surface area contributed by atoms with E-state index in [1.165, 1.54) is 10.4 Å². The molecule has 0 aromatic heterocycles. The van der Waals surface area contributed by atoms with Crippen LogP contribution in [0.3, 0.4) is 0 Å². The number of methoxy groups -OCH3 is 1. The molecule has 3 rings (SSSR count). The molecule has 8 nitrogen and oxygen atoms in total. The lowest BCUT2D eigenvalue weighted by molar-refractivity contribution is -0.117. The summed E-state index contributed by atoms with van der Waals surface area (Å²) >= 11 is 0. The van der Waals surface area contributed by atoms with Gasteiger partial charge >= 0.3 is 0 Å². The van der Waals surface area contributed by atoms with E-state index in [2.05, 4.69) is 5.32 Å². The lowest BCUT2D eigenvalue weighted by Gasteiger charge is -2.27. The molecule has 1 aliphatic rings. The van der Waals surface area contributed by atoms with E-state index in [0.717, 1.165) is 11.3 Å². The summed E-state index contributed by atoms with van der Waals surface area (Å²) in [6.45, 7) is 5.30. The predicted molar refractivity (Wildman–Crippen MR) is 123 cm³/mol. The van der Waals surface area contributed by atoms with Crippen LogP contribution in [0.2, 0.25) is 0 Å². The van der Waals surface area contributed by atoms with E-state index in [9.17, 15) is 13.2 Å². The molecule has 2 aromatic carbocycles. The Morgan fingerprint density at radius 3 is 2.59 bits per heavy atom. The highest BCUT2D eigenvalue weighted by atomic mass is 32.2. The second-order valence-electron chi connectivity index (χ2n) is 7.88. The first-order chi connectivity index (χ1) is 15.2. The van der Waals surface area contributed by atoms with Crippen molar-refractivity contribution in [3.8, 4) is 5.75 Å². The van der Waals surface area contributed by atoms with E-state index in [1.54, 1.807) is 26.2 Å². The number of rotatable bonds is 8. The van der Waals surface area contributed by atoms with Crippen LogP contribution in [0.1, 0.15) is 24.1 Å². The molecular formula is C23H31N3O5S. The highest BCUT2D eigenvalue weighted by Gasteiger charge is 2.28. The largest absolute Gasteiger partial charge is 0.496 e. The Kier molecular flexibility index (Phi) is 7.89. The molecule has 0 spiro atoms. The van der Waals surface area contributed by atoms with Crippen molar-refractivity contribution in [3.63, 3.8) is 0 Å². The van der Waals surface area contributed by atoms with Crippen LogP contribution >= 0.6 is 0 Å². The summed E-state index contributed by atoms with van der Waals surface area (Å²) in [5, 5.41) is 2.83. The molecule has 0 bridgehead atoms. The van der Waals surface area contributed by atoms with Crippen molar-refractivity contribution in [3.05, 3.63) is 53.6 Å². The molecule has 1 unspecified atom stereocenters. The van der Waals surface area contributed by atoms with E-state index in [0.29, 0.717) is 37.6 Å². The molecule has 0 saturated carbocycles. The van der Waals surface area contributed by atoms with Crippen molar-refractivity contribution in [2.24, 2.45) is 0 Å². The third-order valence-electron chi connectivity index (χ3n) is 5.70. The molecule has 1 aliphatic heterocycles. The van der Waals surface area contributed by atoms with Crippen molar-refractivity contribution in [2.75, 3.05) is 52.3 Å². The Morgan fingerprint density at radius 2 is 1.91 bits per heavy atom. The minimum atomic E-state index is -3.65. The predicted octanol–water partition coefficient (Wildman–Crippen LogP) is 2.66. The number of hydrogen-bond donors (Lipinski definition) is 1. The molecule has 1 atom stereocenters. The van der Waals surface area contributed by atoms with Crippen LogP contribution in [-0.2, 0) is 19.6 Å². The summed E-state index contributed by atoms with van der Waals surface area (Å²) in [5.74, 6) is 0.538. The Labute approximate surface area is 190 Å². The Morgan fingerprint density at radius 1 is 1.22 bits per heavy atom. The number of nitrogens with zero attached hydrogens (tertiary/aromatic N) is 2. The van der Waals surface area contributed by atoms with Gasteiger partial charge in [0.2, 0.25) is 15.9 Å². The van der Waals surface area contributed by atoms with Gasteiger partial charge in [-0.2, -0.15) is 4.31 Å². The first-order valence-corrected chi connectivity index (χ1v) is 12.0. The van der Waals surface area contributed by atoms with E-state index in [-0.39, 0.29) is 23.4 Å². The standard InChI is InChI=1S/C23H31N3O5S/c1-17-9-10-19(15-22(17)32(28,29)26-11-13-31-14-12-26)24-23(27)16-25(3)18(2)20-7-5-6-8-21(20)30-4/h5-10,15,18H,11-14,16H2,1-4H3,(H,24,27). The molecule has 0 aliphatic carbocycles. The maximum atomic E-state index is 13.1. The number of hydrogen-bond acceptors (Lipinski definition) is 6. The highest BCUT2D eigenvalue weighted by Crippen LogP contribution is 2.28. The minimum Gasteiger partial charge on any atom is -0.496 e. The molecule has 174 valence electrons. The third kappa shape index (κ3) is 5.47. The van der Waals surface area contributed by atoms with Crippen LogP contribution in [-0.4, -0.2) is 70.5 Å². The number of carbonyl (C=O) groups is 1. The lowest BCUT2D eigenvalue weighted by atomic mass is 10.1. The number of likely N-dealkylation sites (N-methyl/N-ethyl adjacent to an activating group) is 1. The Hall–Kier alpha value is -2.46. The maximum absolute atomic E-state index is 13.1. The highest BCUT2D eigenvalue weighted by molar-refractivity contribution is 7.89. The maximum Gasteiger partial charge on any atom is 0.243 e. The van der Waals surface area contributed by atoms with Gasteiger partial charge in [0.25, 0.3) is 0 Å². The SMILES string of the molecule is COc1ccccc1C(C)N(C)CC(=O)Nc1ccc(C)c(S(=O)(=O)N2CCOCC2)c1. The number of carbonyl (C=O) groups excluding carboxylic acids is 1. The second kappa shape index (κ2) is 10.4. The summed E-state index contributed by atoms with van der Waals surface area (Å²) in [6, 6.07) is 12.6. The Bertz CT molecular complexity index is 1050. The fourth-order valence-corrected chi connectivity index (χ4v) is 5.35. The van der Waals surface area contributed by atoms with Crippen molar-refractivity contribution in [2.45, 2.75) is 24.8 Å². The summed E-state index contributed by atoms with van der Waals surface area (Å²) in [5.41, 5.74) is 2.07. The first kappa shape index (κ1) is 24.2. The zero-order valence-electron chi connectivity index (χ0n) is 19.0. The minimum absolute atomic E-state index is 0.0489. The lowest BCUT2D eigenvalue weighted by Crippen LogP contribution is -2.40. The van der Waals surface area contributed by atoms with Crippen molar-refractivity contribution in [1.82, 2.24) is 9.21 Å². The third-order valence-corrected chi connectivity index (χ3v) is 7.74.